The lowest BCUT2D eigenvalue weighted by molar-refractivity contribution is -0.133. The largest absolute Gasteiger partial charge is 0.340 e. The van der Waals surface area contributed by atoms with E-state index >= 15 is 0 Å². The third-order valence-corrected chi connectivity index (χ3v) is 5.07. The first-order chi connectivity index (χ1) is 13.0. The minimum absolute atomic E-state index is 0.0244. The van der Waals surface area contributed by atoms with E-state index in [0.29, 0.717) is 24.8 Å². The molecule has 3 heterocycles. The number of nitrogens with one attached hydrogen (secondary N) is 1. The molecule has 2 aromatic heterocycles. The molecule has 27 heavy (non-hydrogen) atoms. The quantitative estimate of drug-likeness (QED) is 0.761. The molecule has 1 N–H and O–H groups in total. The number of carbonyl (C=O) groups is 1. The van der Waals surface area contributed by atoms with Crippen molar-refractivity contribution >= 4 is 16.9 Å². The van der Waals surface area contributed by atoms with Crippen molar-refractivity contribution in [3.8, 4) is 0 Å². The van der Waals surface area contributed by atoms with Crippen LogP contribution in [0.15, 0.2) is 33.6 Å². The van der Waals surface area contributed by atoms with Gasteiger partial charge in [-0.3, -0.25) is 9.36 Å². The van der Waals surface area contributed by atoms with Gasteiger partial charge in [-0.25, -0.2) is 4.79 Å². The molecule has 1 saturated heterocycles. The first kappa shape index (κ1) is 17.5. The summed E-state index contributed by atoms with van der Waals surface area (Å²) in [7, 11) is 0. The van der Waals surface area contributed by atoms with E-state index in [2.05, 4.69) is 15.1 Å². The molecule has 1 atom stereocenters. The molecule has 0 saturated carbocycles. The number of rotatable bonds is 4. The molecule has 1 unspecified atom stereocenters. The monoisotopic (exact) mass is 369 g/mol. The van der Waals surface area contributed by atoms with E-state index in [4.69, 9.17) is 4.52 Å². The molecule has 1 fully saturated rings. The molecule has 4 rings (SSSR count). The van der Waals surface area contributed by atoms with Crippen LogP contribution in [0.5, 0.6) is 0 Å². The Kier molecular flexibility index (Phi) is 4.55. The average molecular weight is 369 g/mol. The van der Waals surface area contributed by atoms with E-state index in [-0.39, 0.29) is 30.0 Å². The molecule has 1 aromatic carbocycles. The number of hydrogen-bond acceptors (Lipinski definition) is 5. The highest BCUT2D eigenvalue weighted by Crippen LogP contribution is 2.27. The molecular weight excluding hydrogens is 346 g/mol. The molecule has 1 aliphatic heterocycles. The van der Waals surface area contributed by atoms with Crippen LogP contribution in [0.25, 0.3) is 11.0 Å². The van der Waals surface area contributed by atoms with Crippen molar-refractivity contribution in [3.63, 3.8) is 0 Å². The van der Waals surface area contributed by atoms with Crippen molar-refractivity contribution in [3.05, 3.63) is 46.5 Å². The van der Waals surface area contributed by atoms with Gasteiger partial charge in [0, 0.05) is 19.0 Å². The van der Waals surface area contributed by atoms with Crippen molar-refractivity contribution in [2.24, 2.45) is 0 Å². The fraction of sp³-hybridized carbons (Fsp3) is 0.474. The number of benzene rings is 1. The number of para-hydroxylation sites is 2. The van der Waals surface area contributed by atoms with Crippen molar-refractivity contribution in [2.75, 3.05) is 13.1 Å². The maximum Gasteiger partial charge on any atom is 0.326 e. The molecule has 8 heteroatoms. The number of aromatic amines is 1. The second kappa shape index (κ2) is 7.02. The Balaban J connectivity index is 1.50. The summed E-state index contributed by atoms with van der Waals surface area (Å²) in [5.41, 5.74) is 1.21. The minimum Gasteiger partial charge on any atom is -0.340 e. The summed E-state index contributed by atoms with van der Waals surface area (Å²) in [6.07, 6.45) is 1.79. The molecular formula is C19H23N5O3. The highest BCUT2D eigenvalue weighted by atomic mass is 16.5. The molecule has 0 spiro atoms. The molecule has 3 aromatic rings. The second-order valence-corrected chi connectivity index (χ2v) is 7.36. The molecule has 0 radical (unpaired) electrons. The number of H-pyrrole nitrogens is 1. The fourth-order valence-electron chi connectivity index (χ4n) is 3.55. The minimum atomic E-state index is -0.267. The summed E-state index contributed by atoms with van der Waals surface area (Å²) >= 11 is 0. The number of carbonyl (C=O) groups excluding carboxylic acids is 1. The summed E-state index contributed by atoms with van der Waals surface area (Å²) in [4.78, 5) is 34.1. The van der Waals surface area contributed by atoms with Gasteiger partial charge in [0.15, 0.2) is 5.82 Å². The summed E-state index contributed by atoms with van der Waals surface area (Å²) in [6.45, 7) is 5.28. The van der Waals surface area contributed by atoms with Gasteiger partial charge in [-0.1, -0.05) is 31.1 Å². The maximum atomic E-state index is 12.8. The van der Waals surface area contributed by atoms with E-state index < -0.39 is 0 Å². The van der Waals surface area contributed by atoms with Crippen LogP contribution < -0.4 is 5.69 Å². The van der Waals surface area contributed by atoms with Gasteiger partial charge in [0.25, 0.3) is 0 Å². The number of hydrogen-bond donors (Lipinski definition) is 1. The number of amides is 1. The Hall–Kier alpha value is -2.90. The number of fused-ring (bicyclic) bond motifs is 1. The number of likely N-dealkylation sites (tertiary alicyclic amines) is 1. The van der Waals surface area contributed by atoms with Crippen molar-refractivity contribution < 1.29 is 9.32 Å². The molecule has 0 aliphatic carbocycles. The summed E-state index contributed by atoms with van der Waals surface area (Å²) < 4.78 is 6.91. The first-order valence-corrected chi connectivity index (χ1v) is 9.31. The van der Waals surface area contributed by atoms with Gasteiger partial charge in [-0.2, -0.15) is 4.98 Å². The zero-order chi connectivity index (χ0) is 19.0. The zero-order valence-corrected chi connectivity index (χ0v) is 15.5. The van der Waals surface area contributed by atoms with Crippen LogP contribution in [0, 0.1) is 0 Å². The van der Waals surface area contributed by atoms with Gasteiger partial charge in [0.2, 0.25) is 11.8 Å². The normalized spacial score (nSPS) is 17.7. The Morgan fingerprint density at radius 2 is 2.19 bits per heavy atom. The van der Waals surface area contributed by atoms with Gasteiger partial charge in [0.05, 0.1) is 17.0 Å². The first-order valence-electron chi connectivity index (χ1n) is 9.31. The van der Waals surface area contributed by atoms with Gasteiger partial charge in [-0.05, 0) is 25.0 Å². The summed E-state index contributed by atoms with van der Waals surface area (Å²) in [5, 5.41) is 4.03. The van der Waals surface area contributed by atoms with E-state index in [9.17, 15) is 9.59 Å². The molecule has 142 valence electrons. The number of aromatic nitrogens is 4. The smallest absolute Gasteiger partial charge is 0.326 e. The van der Waals surface area contributed by atoms with E-state index in [1.54, 1.807) is 4.90 Å². The number of piperidine rings is 1. The van der Waals surface area contributed by atoms with Crippen molar-refractivity contribution in [1.29, 1.82) is 0 Å². The predicted molar refractivity (Wildman–Crippen MR) is 99.5 cm³/mol. The van der Waals surface area contributed by atoms with Crippen LogP contribution in [-0.4, -0.2) is 43.6 Å². The molecule has 8 nitrogen and oxygen atoms in total. The van der Waals surface area contributed by atoms with Crippen LogP contribution in [0.4, 0.5) is 0 Å². The number of nitrogens with zero attached hydrogens (tertiary/aromatic N) is 4. The highest BCUT2D eigenvalue weighted by molar-refractivity contribution is 5.80. The van der Waals surface area contributed by atoms with Crippen molar-refractivity contribution in [1.82, 2.24) is 24.6 Å². The third-order valence-electron chi connectivity index (χ3n) is 5.07. The Morgan fingerprint density at radius 3 is 2.96 bits per heavy atom. The van der Waals surface area contributed by atoms with Crippen LogP contribution in [-0.2, 0) is 11.3 Å². The topological polar surface area (TPSA) is 97.0 Å². The molecule has 1 aliphatic rings. The summed E-state index contributed by atoms with van der Waals surface area (Å²) in [6, 6.07) is 7.38. The molecule has 1 amide bonds. The van der Waals surface area contributed by atoms with Crippen LogP contribution >= 0.6 is 0 Å². The lowest BCUT2D eigenvalue weighted by atomic mass is 9.98. The Bertz CT molecular complexity index is 1020. The lowest BCUT2D eigenvalue weighted by Crippen LogP contribution is -2.42. The van der Waals surface area contributed by atoms with Gasteiger partial charge in [-0.15, -0.1) is 0 Å². The summed E-state index contributed by atoms with van der Waals surface area (Å²) in [5.74, 6) is 1.47. The lowest BCUT2D eigenvalue weighted by Gasteiger charge is -2.31. The Labute approximate surface area is 156 Å². The van der Waals surface area contributed by atoms with Gasteiger partial charge < -0.3 is 14.4 Å². The van der Waals surface area contributed by atoms with Crippen LogP contribution in [0.3, 0.4) is 0 Å². The molecule has 0 bridgehead atoms. The van der Waals surface area contributed by atoms with Crippen molar-refractivity contribution in [2.45, 2.75) is 45.1 Å². The average Bonchev–Trinajstić information content (AvgIpc) is 3.28. The predicted octanol–water partition coefficient (Wildman–Crippen LogP) is 2.24. The standard InChI is InChI=1S/C19H23N5O3/c1-12(2)17-21-18(27-22-17)13-6-5-9-23(10-13)16(25)11-24-15-8-4-3-7-14(15)20-19(24)26/h3-4,7-8,12-13H,5-6,9-11H2,1-2H3,(H,20,26). The van der Waals surface area contributed by atoms with Crippen LogP contribution in [0.1, 0.15) is 50.2 Å². The SMILES string of the molecule is CC(C)c1noc(C2CCCN(C(=O)Cn3c(=O)[nH]c4ccccc43)C2)n1. The van der Waals surface area contributed by atoms with Gasteiger partial charge >= 0.3 is 5.69 Å². The highest BCUT2D eigenvalue weighted by Gasteiger charge is 2.29. The zero-order valence-electron chi connectivity index (χ0n) is 15.5. The second-order valence-electron chi connectivity index (χ2n) is 7.36. The fourth-order valence-corrected chi connectivity index (χ4v) is 3.55. The number of imidazole rings is 1. The maximum absolute atomic E-state index is 12.8. The van der Waals surface area contributed by atoms with E-state index in [1.807, 2.05) is 38.1 Å². The van der Waals surface area contributed by atoms with E-state index in [1.165, 1.54) is 4.57 Å². The Morgan fingerprint density at radius 1 is 1.37 bits per heavy atom. The van der Waals surface area contributed by atoms with Gasteiger partial charge in [0.1, 0.15) is 6.54 Å². The third kappa shape index (κ3) is 3.39. The van der Waals surface area contributed by atoms with E-state index in [0.717, 1.165) is 23.9 Å². The van der Waals surface area contributed by atoms with Crippen LogP contribution in [0.2, 0.25) is 0 Å².